The van der Waals surface area contributed by atoms with Crippen molar-refractivity contribution in [2.24, 2.45) is 0 Å². The summed E-state index contributed by atoms with van der Waals surface area (Å²) in [5.74, 6) is 3.61. The molecule has 0 nitrogen and oxygen atoms in total. The van der Waals surface area contributed by atoms with Crippen LogP contribution in [0.3, 0.4) is 0 Å². The zero-order valence-electron chi connectivity index (χ0n) is 10.6. The van der Waals surface area contributed by atoms with Gasteiger partial charge in [-0.1, -0.05) is 30.3 Å². The standard InChI is InChI=1S/C16H15FS2/c17-16-6-14-5-15(7-16)11-19-9-13-2-1-12(3-4-13)8-18-10-14/h1-7H,8-11H2. The van der Waals surface area contributed by atoms with Crippen LogP contribution >= 0.6 is 23.5 Å². The number of thioether (sulfide) groups is 2. The lowest BCUT2D eigenvalue weighted by atomic mass is 10.1. The SMILES string of the molecule is Fc1cc2cc(c1)CSCc1ccc(cc1)CSC2. The average molecular weight is 290 g/mol. The molecule has 4 rings (SSSR count). The molecule has 2 heterocycles. The normalized spacial score (nSPS) is 15.4. The van der Waals surface area contributed by atoms with E-state index in [1.165, 1.54) is 11.1 Å². The van der Waals surface area contributed by atoms with E-state index < -0.39 is 0 Å². The summed E-state index contributed by atoms with van der Waals surface area (Å²) in [7, 11) is 0. The molecule has 0 atom stereocenters. The maximum atomic E-state index is 13.6. The van der Waals surface area contributed by atoms with Gasteiger partial charge in [-0.15, -0.1) is 0 Å². The Morgan fingerprint density at radius 1 is 0.632 bits per heavy atom. The first-order valence-electron chi connectivity index (χ1n) is 6.31. The summed E-state index contributed by atoms with van der Waals surface area (Å²) < 4.78 is 13.6. The molecule has 0 aliphatic carbocycles. The third-order valence-corrected chi connectivity index (χ3v) is 5.27. The first kappa shape index (κ1) is 13.1. The molecule has 0 unspecified atom stereocenters. The summed E-state index contributed by atoms with van der Waals surface area (Å²) >= 11 is 3.68. The summed E-state index contributed by atoms with van der Waals surface area (Å²) in [4.78, 5) is 0. The third-order valence-electron chi connectivity index (χ3n) is 3.12. The van der Waals surface area contributed by atoms with E-state index in [0.29, 0.717) is 0 Å². The van der Waals surface area contributed by atoms with Gasteiger partial charge in [0.15, 0.2) is 0 Å². The number of fused-ring (bicyclic) bond motifs is 6. The van der Waals surface area contributed by atoms with Crippen LogP contribution in [0.2, 0.25) is 0 Å². The quantitative estimate of drug-likeness (QED) is 0.669. The van der Waals surface area contributed by atoms with E-state index in [1.54, 1.807) is 12.1 Å². The largest absolute Gasteiger partial charge is 0.207 e. The Labute approximate surface area is 121 Å². The number of halogens is 1. The molecular formula is C16H15FS2. The minimum Gasteiger partial charge on any atom is -0.207 e. The van der Waals surface area contributed by atoms with Crippen LogP contribution < -0.4 is 0 Å². The summed E-state index contributed by atoms with van der Waals surface area (Å²) in [6.45, 7) is 0. The summed E-state index contributed by atoms with van der Waals surface area (Å²) in [5.41, 5.74) is 4.87. The maximum Gasteiger partial charge on any atom is 0.123 e. The van der Waals surface area contributed by atoms with Crippen molar-refractivity contribution in [3.05, 3.63) is 70.5 Å². The number of hydrogen-bond donors (Lipinski definition) is 0. The monoisotopic (exact) mass is 290 g/mol. The van der Waals surface area contributed by atoms with E-state index in [0.717, 1.165) is 34.1 Å². The Morgan fingerprint density at radius 2 is 1.05 bits per heavy atom. The highest BCUT2D eigenvalue weighted by atomic mass is 32.2. The van der Waals surface area contributed by atoms with Gasteiger partial charge in [-0.3, -0.25) is 0 Å². The first-order chi connectivity index (χ1) is 9.29. The van der Waals surface area contributed by atoms with Gasteiger partial charge in [-0.25, -0.2) is 4.39 Å². The lowest BCUT2D eigenvalue weighted by Gasteiger charge is -2.05. The van der Waals surface area contributed by atoms with E-state index in [-0.39, 0.29) is 5.82 Å². The van der Waals surface area contributed by atoms with E-state index in [1.807, 2.05) is 23.5 Å². The van der Waals surface area contributed by atoms with Crippen LogP contribution in [-0.2, 0) is 23.0 Å². The lowest BCUT2D eigenvalue weighted by molar-refractivity contribution is 0.625. The molecule has 0 saturated carbocycles. The minimum atomic E-state index is -0.108. The van der Waals surface area contributed by atoms with Crippen LogP contribution in [0.25, 0.3) is 0 Å². The van der Waals surface area contributed by atoms with Crippen molar-refractivity contribution in [2.75, 3.05) is 0 Å². The van der Waals surface area contributed by atoms with Crippen LogP contribution in [0.1, 0.15) is 22.3 Å². The predicted molar refractivity (Wildman–Crippen MR) is 82.8 cm³/mol. The summed E-state index contributed by atoms with van der Waals surface area (Å²) in [6.07, 6.45) is 0. The lowest BCUT2D eigenvalue weighted by Crippen LogP contribution is -1.89. The van der Waals surface area contributed by atoms with E-state index >= 15 is 0 Å². The fourth-order valence-electron chi connectivity index (χ4n) is 2.19. The van der Waals surface area contributed by atoms with Gasteiger partial charge in [0.2, 0.25) is 0 Å². The molecule has 0 fully saturated rings. The van der Waals surface area contributed by atoms with Crippen molar-refractivity contribution in [1.29, 1.82) is 0 Å². The number of hydrogen-bond acceptors (Lipinski definition) is 2. The molecule has 0 saturated heterocycles. The predicted octanol–water partition coefficient (Wildman–Crippen LogP) is 5.01. The van der Waals surface area contributed by atoms with Crippen molar-refractivity contribution in [2.45, 2.75) is 23.0 Å². The molecule has 0 aromatic heterocycles. The fourth-order valence-corrected chi connectivity index (χ4v) is 4.05. The highest BCUT2D eigenvalue weighted by molar-refractivity contribution is 7.98. The molecule has 0 radical (unpaired) electrons. The zero-order valence-corrected chi connectivity index (χ0v) is 12.2. The van der Waals surface area contributed by atoms with Crippen molar-refractivity contribution >= 4 is 23.5 Å². The van der Waals surface area contributed by atoms with Gasteiger partial charge in [0.25, 0.3) is 0 Å². The van der Waals surface area contributed by atoms with Gasteiger partial charge in [0.05, 0.1) is 0 Å². The summed E-state index contributed by atoms with van der Waals surface area (Å²) in [6, 6.07) is 14.3. The number of rotatable bonds is 0. The smallest absolute Gasteiger partial charge is 0.123 e. The Morgan fingerprint density at radius 3 is 1.53 bits per heavy atom. The van der Waals surface area contributed by atoms with Crippen LogP contribution in [0, 0.1) is 5.82 Å². The molecular weight excluding hydrogens is 275 g/mol. The van der Waals surface area contributed by atoms with Crippen molar-refractivity contribution < 1.29 is 4.39 Å². The zero-order chi connectivity index (χ0) is 13.1. The van der Waals surface area contributed by atoms with Gasteiger partial charge in [0.1, 0.15) is 5.82 Å². The minimum absolute atomic E-state index is 0.108. The van der Waals surface area contributed by atoms with Crippen molar-refractivity contribution in [3.63, 3.8) is 0 Å². The van der Waals surface area contributed by atoms with Crippen LogP contribution in [0.5, 0.6) is 0 Å². The second kappa shape index (κ2) is 6.02. The van der Waals surface area contributed by atoms with Crippen LogP contribution in [0.15, 0.2) is 42.5 Å². The molecule has 2 aliphatic rings. The van der Waals surface area contributed by atoms with Gasteiger partial charge in [-0.05, 0) is 34.4 Å². The van der Waals surface area contributed by atoms with E-state index in [4.69, 9.17) is 0 Å². The second-order valence-electron chi connectivity index (χ2n) is 4.77. The van der Waals surface area contributed by atoms with Crippen molar-refractivity contribution in [1.82, 2.24) is 0 Å². The molecule has 4 bridgehead atoms. The Bertz CT molecular complexity index is 516. The summed E-state index contributed by atoms with van der Waals surface area (Å²) in [5, 5.41) is 0. The fraction of sp³-hybridized carbons (Fsp3) is 0.250. The first-order valence-corrected chi connectivity index (χ1v) is 8.62. The second-order valence-corrected chi connectivity index (χ2v) is 6.74. The number of benzene rings is 2. The molecule has 0 N–H and O–H groups in total. The van der Waals surface area contributed by atoms with Crippen LogP contribution in [-0.4, -0.2) is 0 Å². The van der Waals surface area contributed by atoms with Gasteiger partial charge >= 0.3 is 0 Å². The van der Waals surface area contributed by atoms with Crippen molar-refractivity contribution in [3.8, 4) is 0 Å². The Hall–Kier alpha value is -0.930. The topological polar surface area (TPSA) is 0 Å². The van der Waals surface area contributed by atoms with E-state index in [9.17, 15) is 4.39 Å². The molecule has 2 aromatic rings. The van der Waals surface area contributed by atoms with Crippen LogP contribution in [0.4, 0.5) is 4.39 Å². The highest BCUT2D eigenvalue weighted by Gasteiger charge is 2.05. The van der Waals surface area contributed by atoms with E-state index in [2.05, 4.69) is 30.3 Å². The Balaban J connectivity index is 1.86. The Kier molecular flexibility index (Phi) is 4.14. The molecule has 3 heteroatoms. The van der Waals surface area contributed by atoms with Gasteiger partial charge in [0, 0.05) is 23.0 Å². The highest BCUT2D eigenvalue weighted by Crippen LogP contribution is 2.25. The molecule has 19 heavy (non-hydrogen) atoms. The van der Waals surface area contributed by atoms with Gasteiger partial charge < -0.3 is 0 Å². The maximum absolute atomic E-state index is 13.6. The molecule has 0 spiro atoms. The molecule has 0 amide bonds. The molecule has 98 valence electrons. The average Bonchev–Trinajstić information content (AvgIpc) is 2.41. The molecule has 2 aromatic carbocycles. The van der Waals surface area contributed by atoms with Gasteiger partial charge in [-0.2, -0.15) is 23.5 Å². The molecule has 2 aliphatic heterocycles. The third kappa shape index (κ3) is 3.54.